The molecule has 0 radical (unpaired) electrons. The second-order valence-electron chi connectivity index (χ2n) is 2.18. The van der Waals surface area contributed by atoms with Crippen molar-refractivity contribution < 1.29 is 9.35 Å². The maximum atomic E-state index is 11.1. The third-order valence-electron chi connectivity index (χ3n) is 1.42. The first-order valence-electron chi connectivity index (χ1n) is 3.41. The van der Waals surface area contributed by atoms with Gasteiger partial charge in [0.1, 0.15) is 0 Å². The van der Waals surface area contributed by atoms with Crippen molar-refractivity contribution in [3.63, 3.8) is 0 Å². The van der Waals surface area contributed by atoms with Gasteiger partial charge in [0.15, 0.2) is 5.78 Å². The van der Waals surface area contributed by atoms with Gasteiger partial charge in [-0.3, -0.25) is 4.79 Å². The Kier molecular flexibility index (Phi) is 2.79. The SMILES string of the molecule is CCC(=O)C1=CC=S(O)C=C1. The number of rotatable bonds is 2. The van der Waals surface area contributed by atoms with Crippen molar-refractivity contribution in [3.05, 3.63) is 23.1 Å². The first kappa shape index (κ1) is 8.43. The lowest BCUT2D eigenvalue weighted by Gasteiger charge is -2.01. The molecule has 0 aromatic rings. The number of allylic oxidation sites excluding steroid dienone is 3. The van der Waals surface area contributed by atoms with Gasteiger partial charge in [0.25, 0.3) is 0 Å². The van der Waals surface area contributed by atoms with E-state index in [2.05, 4.69) is 0 Å². The summed E-state index contributed by atoms with van der Waals surface area (Å²) in [6.07, 6.45) is 3.87. The Morgan fingerprint density at radius 2 is 2.45 bits per heavy atom. The minimum absolute atomic E-state index is 0.120. The predicted octanol–water partition coefficient (Wildman–Crippen LogP) is 1.96. The minimum atomic E-state index is -0.764. The molecule has 1 heterocycles. The molecule has 2 nitrogen and oxygen atoms in total. The van der Waals surface area contributed by atoms with E-state index in [1.807, 2.05) is 6.92 Å². The monoisotopic (exact) mass is 170 g/mol. The molecular formula is C8H10O2S. The first-order chi connectivity index (χ1) is 5.24. The Hall–Kier alpha value is -0.670. The van der Waals surface area contributed by atoms with Crippen LogP contribution in [0.1, 0.15) is 13.3 Å². The molecule has 0 spiro atoms. The van der Waals surface area contributed by atoms with E-state index in [1.54, 1.807) is 22.9 Å². The Morgan fingerprint density at radius 1 is 1.73 bits per heavy atom. The van der Waals surface area contributed by atoms with Gasteiger partial charge >= 0.3 is 0 Å². The molecule has 3 heteroatoms. The van der Waals surface area contributed by atoms with Gasteiger partial charge in [-0.2, -0.15) is 0 Å². The fourth-order valence-electron chi connectivity index (χ4n) is 0.777. The molecule has 11 heavy (non-hydrogen) atoms. The molecule has 0 fully saturated rings. The highest BCUT2D eigenvalue weighted by atomic mass is 32.2. The van der Waals surface area contributed by atoms with Gasteiger partial charge in [-0.25, -0.2) is 0 Å². The van der Waals surface area contributed by atoms with Crippen molar-refractivity contribution in [1.29, 1.82) is 0 Å². The Labute approximate surface area is 68.4 Å². The quantitative estimate of drug-likeness (QED) is 0.643. The molecule has 60 valence electrons. The molecule has 0 bridgehead atoms. The van der Waals surface area contributed by atoms with Crippen LogP contribution >= 0.6 is 10.8 Å². The minimum Gasteiger partial charge on any atom is -0.333 e. The average Bonchev–Trinajstić information content (AvgIpc) is 2.05. The summed E-state index contributed by atoms with van der Waals surface area (Å²) in [6.45, 7) is 1.82. The van der Waals surface area contributed by atoms with Crippen LogP contribution < -0.4 is 0 Å². The Bertz CT molecular complexity index is 261. The maximum absolute atomic E-state index is 11.1. The van der Waals surface area contributed by atoms with Crippen molar-refractivity contribution in [2.45, 2.75) is 13.3 Å². The zero-order chi connectivity index (χ0) is 8.27. The van der Waals surface area contributed by atoms with Crippen LogP contribution in [0.5, 0.6) is 0 Å². The topological polar surface area (TPSA) is 37.3 Å². The van der Waals surface area contributed by atoms with Crippen LogP contribution in [0.3, 0.4) is 0 Å². The van der Waals surface area contributed by atoms with E-state index >= 15 is 0 Å². The number of ketones is 1. The number of hydrogen-bond donors (Lipinski definition) is 1. The van der Waals surface area contributed by atoms with Crippen molar-refractivity contribution in [2.75, 3.05) is 0 Å². The molecule has 0 saturated carbocycles. The van der Waals surface area contributed by atoms with E-state index < -0.39 is 10.8 Å². The Morgan fingerprint density at radius 3 is 2.91 bits per heavy atom. The zero-order valence-corrected chi connectivity index (χ0v) is 7.10. The zero-order valence-electron chi connectivity index (χ0n) is 6.28. The number of Topliss-reactive ketones (excluding diaryl/α,β-unsaturated/α-hetero) is 1. The lowest BCUT2D eigenvalue weighted by Crippen LogP contribution is -1.99. The van der Waals surface area contributed by atoms with Gasteiger partial charge in [0, 0.05) is 12.0 Å². The number of hydrogen-bond acceptors (Lipinski definition) is 2. The second-order valence-corrected chi connectivity index (χ2v) is 3.42. The predicted molar refractivity (Wildman–Crippen MR) is 48.8 cm³/mol. The third kappa shape index (κ3) is 2.13. The van der Waals surface area contributed by atoms with Crippen LogP contribution in [0.2, 0.25) is 0 Å². The summed E-state index contributed by atoms with van der Waals surface area (Å²) in [5.41, 5.74) is 0.685. The van der Waals surface area contributed by atoms with Gasteiger partial charge in [0.2, 0.25) is 0 Å². The summed E-state index contributed by atoms with van der Waals surface area (Å²) in [5.74, 6) is 0.120. The molecule has 0 aromatic carbocycles. The molecule has 0 aliphatic carbocycles. The van der Waals surface area contributed by atoms with Crippen LogP contribution in [0.25, 0.3) is 0 Å². The smallest absolute Gasteiger partial charge is 0.162 e. The van der Waals surface area contributed by atoms with Crippen LogP contribution in [0, 0.1) is 0 Å². The van der Waals surface area contributed by atoms with E-state index in [1.165, 1.54) is 0 Å². The fraction of sp³-hybridized carbons (Fsp3) is 0.250. The summed E-state index contributed by atoms with van der Waals surface area (Å²) in [6, 6.07) is 0. The van der Waals surface area contributed by atoms with Crippen molar-refractivity contribution in [1.82, 2.24) is 0 Å². The average molecular weight is 170 g/mol. The molecule has 1 aliphatic rings. The summed E-state index contributed by atoms with van der Waals surface area (Å²) in [4.78, 5) is 11.1. The van der Waals surface area contributed by atoms with E-state index in [4.69, 9.17) is 4.55 Å². The second kappa shape index (κ2) is 3.64. The molecule has 1 atom stereocenters. The number of carbonyl (C=O) groups is 1. The van der Waals surface area contributed by atoms with Crippen LogP contribution in [-0.4, -0.2) is 15.7 Å². The van der Waals surface area contributed by atoms with E-state index in [0.717, 1.165) is 0 Å². The Balaban J connectivity index is 2.79. The van der Waals surface area contributed by atoms with Crippen molar-refractivity contribution >= 4 is 21.9 Å². The lowest BCUT2D eigenvalue weighted by atomic mass is 10.1. The highest BCUT2D eigenvalue weighted by molar-refractivity contribution is 8.12. The lowest BCUT2D eigenvalue weighted by molar-refractivity contribution is -0.114. The van der Waals surface area contributed by atoms with Crippen LogP contribution in [0.4, 0.5) is 0 Å². The van der Waals surface area contributed by atoms with Gasteiger partial charge in [-0.05, 0) is 33.7 Å². The fourth-order valence-corrected chi connectivity index (χ4v) is 1.44. The molecule has 1 aliphatic heterocycles. The van der Waals surface area contributed by atoms with Crippen molar-refractivity contribution in [3.8, 4) is 0 Å². The van der Waals surface area contributed by atoms with Gasteiger partial charge < -0.3 is 4.55 Å². The highest BCUT2D eigenvalue weighted by Crippen LogP contribution is 2.15. The van der Waals surface area contributed by atoms with Crippen LogP contribution in [-0.2, 0) is 4.79 Å². The molecule has 1 N–H and O–H groups in total. The largest absolute Gasteiger partial charge is 0.333 e. The maximum Gasteiger partial charge on any atom is 0.162 e. The molecule has 1 rings (SSSR count). The molecule has 1 unspecified atom stereocenters. The first-order valence-corrected chi connectivity index (χ1v) is 4.72. The van der Waals surface area contributed by atoms with Crippen molar-refractivity contribution in [2.24, 2.45) is 0 Å². The number of carbonyl (C=O) groups excluding carboxylic acids is 1. The normalized spacial score (nSPS) is 22.4. The summed E-state index contributed by atoms with van der Waals surface area (Å²) >= 11 is 0. The summed E-state index contributed by atoms with van der Waals surface area (Å²) < 4.78 is 9.01. The van der Waals surface area contributed by atoms with E-state index in [9.17, 15) is 4.79 Å². The molecular weight excluding hydrogens is 160 g/mol. The van der Waals surface area contributed by atoms with Gasteiger partial charge in [0.05, 0.1) is 0 Å². The van der Waals surface area contributed by atoms with Crippen LogP contribution in [0.15, 0.2) is 23.1 Å². The standard InChI is InChI=1S/C8H10O2S/c1-2-8(9)7-3-5-11(10)6-4-7/h3-6,10H,2H2,1H3. The van der Waals surface area contributed by atoms with Gasteiger partial charge in [-0.1, -0.05) is 6.92 Å². The third-order valence-corrected chi connectivity index (χ3v) is 2.25. The summed E-state index contributed by atoms with van der Waals surface area (Å²) in [7, 11) is -0.764. The molecule has 0 amide bonds. The highest BCUT2D eigenvalue weighted by Gasteiger charge is 2.04. The molecule has 0 aromatic heterocycles. The van der Waals surface area contributed by atoms with E-state index in [0.29, 0.717) is 12.0 Å². The van der Waals surface area contributed by atoms with Gasteiger partial charge in [-0.15, -0.1) is 0 Å². The van der Waals surface area contributed by atoms with E-state index in [-0.39, 0.29) is 5.78 Å². The summed E-state index contributed by atoms with van der Waals surface area (Å²) in [5, 5.41) is 3.26. The molecule has 0 saturated heterocycles.